The van der Waals surface area contributed by atoms with Crippen LogP contribution in [-0.2, 0) is 4.79 Å². The number of carbonyl (C=O) groups is 1. The summed E-state index contributed by atoms with van der Waals surface area (Å²) in [4.78, 5) is 13.6. The molecule has 2 aliphatic rings. The third kappa shape index (κ3) is 3.63. The Morgan fingerprint density at radius 3 is 2.64 bits per heavy atom. The number of Topliss-reactive ketones (excluding diaryl/α,β-unsaturated/α-hetero) is 1. The Kier molecular flexibility index (Phi) is 5.32. The lowest BCUT2D eigenvalue weighted by Gasteiger charge is -2.34. The Balaban J connectivity index is 1.56. The molecule has 0 bridgehead atoms. The molecule has 0 spiro atoms. The number of benzene rings is 2. The van der Waals surface area contributed by atoms with Crippen molar-refractivity contribution in [1.82, 2.24) is 5.16 Å². The molecule has 1 aliphatic carbocycles. The van der Waals surface area contributed by atoms with Gasteiger partial charge in [-0.15, -0.1) is 0 Å². The minimum absolute atomic E-state index is 0.0372. The molecule has 2 heterocycles. The molecule has 0 unspecified atom stereocenters. The van der Waals surface area contributed by atoms with Crippen LogP contribution in [0, 0.1) is 6.92 Å². The van der Waals surface area contributed by atoms with E-state index in [9.17, 15) is 9.90 Å². The second kappa shape index (κ2) is 8.31. The number of nitrogens with one attached hydrogen (secondary N) is 1. The lowest BCUT2D eigenvalue weighted by molar-refractivity contribution is -0.116. The second-order valence-electron chi connectivity index (χ2n) is 8.42. The highest BCUT2D eigenvalue weighted by molar-refractivity contribution is 6.01. The second-order valence-corrected chi connectivity index (χ2v) is 8.42. The Bertz CT molecular complexity index is 1240. The molecule has 0 saturated heterocycles. The first-order valence-electron chi connectivity index (χ1n) is 11.1. The summed E-state index contributed by atoms with van der Waals surface area (Å²) in [5.74, 6) is 1.66. The summed E-state index contributed by atoms with van der Waals surface area (Å²) in [6.45, 7) is 4.44. The van der Waals surface area contributed by atoms with Gasteiger partial charge in [0.05, 0.1) is 25.0 Å². The molecule has 3 aromatic rings. The molecule has 33 heavy (non-hydrogen) atoms. The van der Waals surface area contributed by atoms with Crippen molar-refractivity contribution in [2.45, 2.75) is 38.5 Å². The van der Waals surface area contributed by atoms with Gasteiger partial charge in [0.1, 0.15) is 5.75 Å². The highest BCUT2D eigenvalue weighted by Gasteiger charge is 2.41. The zero-order valence-electron chi connectivity index (χ0n) is 18.8. The summed E-state index contributed by atoms with van der Waals surface area (Å²) in [5, 5.41) is 17.5. The van der Waals surface area contributed by atoms with Crippen LogP contribution in [0.2, 0.25) is 0 Å². The number of phenolic OH excluding ortho intramolecular Hbond substituents is 1. The third-order valence-corrected chi connectivity index (χ3v) is 6.46. The number of rotatable bonds is 5. The molecule has 1 aromatic heterocycles. The predicted molar refractivity (Wildman–Crippen MR) is 123 cm³/mol. The largest absolute Gasteiger partial charge is 0.504 e. The zero-order chi connectivity index (χ0) is 23.1. The number of fused-ring (bicyclic) bond motifs is 1. The van der Waals surface area contributed by atoms with Gasteiger partial charge in [-0.25, -0.2) is 0 Å². The van der Waals surface area contributed by atoms with E-state index in [0.717, 1.165) is 39.4 Å². The average molecular weight is 447 g/mol. The van der Waals surface area contributed by atoms with Crippen molar-refractivity contribution in [2.24, 2.45) is 0 Å². The number of ether oxygens (including phenoxy) is 2. The molecule has 1 aliphatic heterocycles. The number of hydrogen-bond donors (Lipinski definition) is 2. The van der Waals surface area contributed by atoms with Crippen molar-refractivity contribution < 1.29 is 23.9 Å². The number of ketones is 1. The van der Waals surface area contributed by atoms with Gasteiger partial charge in [0, 0.05) is 23.6 Å². The van der Waals surface area contributed by atoms with E-state index >= 15 is 0 Å². The van der Waals surface area contributed by atoms with Gasteiger partial charge in [-0.3, -0.25) is 4.79 Å². The molecule has 0 saturated carbocycles. The van der Waals surface area contributed by atoms with E-state index in [2.05, 4.69) is 10.5 Å². The normalized spacial score (nSPS) is 19.5. The van der Waals surface area contributed by atoms with E-state index in [0.29, 0.717) is 31.1 Å². The monoisotopic (exact) mass is 446 g/mol. The van der Waals surface area contributed by atoms with E-state index in [1.54, 1.807) is 12.1 Å². The summed E-state index contributed by atoms with van der Waals surface area (Å²) in [6.07, 6.45) is 1.02. The quantitative estimate of drug-likeness (QED) is 0.566. The van der Waals surface area contributed by atoms with Gasteiger partial charge in [0.15, 0.2) is 17.3 Å². The number of aryl methyl sites for hydroxylation is 1. The maximum absolute atomic E-state index is 13.6. The van der Waals surface area contributed by atoms with Gasteiger partial charge < -0.3 is 24.4 Å². The van der Waals surface area contributed by atoms with Crippen LogP contribution in [0.4, 0.5) is 5.88 Å². The molecule has 2 atom stereocenters. The Labute approximate surface area is 192 Å². The Hall–Kier alpha value is -3.74. The van der Waals surface area contributed by atoms with Crippen LogP contribution in [0.25, 0.3) is 0 Å². The fourth-order valence-corrected chi connectivity index (χ4v) is 4.91. The number of allylic oxidation sites excluding steroid dienone is 2. The number of methoxy groups -OCH3 is 1. The van der Waals surface area contributed by atoms with Gasteiger partial charge in [0.2, 0.25) is 5.88 Å². The standard InChI is InChI=1S/C26H26N2O5/c1-4-32-18-8-5-15(6-9-18)24-23-14(2)28-33-26(23)27-19-11-17(12-21(30)25(19)24)16-7-10-20(29)22(13-16)31-3/h5-10,13,17,24,27,29H,4,11-12H2,1-3H3/t17-,24-/m1/s1. The minimum atomic E-state index is -0.249. The number of nitrogens with zero attached hydrogens (tertiary/aromatic N) is 1. The number of carbonyl (C=O) groups excluding carboxylic acids is 1. The number of aromatic hydroxyl groups is 1. The molecule has 5 rings (SSSR count). The fraction of sp³-hybridized carbons (Fsp3) is 0.308. The Morgan fingerprint density at radius 2 is 1.91 bits per heavy atom. The summed E-state index contributed by atoms with van der Waals surface area (Å²) in [5.41, 5.74) is 5.23. The lowest BCUT2D eigenvalue weighted by Crippen LogP contribution is -2.29. The smallest absolute Gasteiger partial charge is 0.233 e. The SMILES string of the molecule is CCOc1ccc([C@H]2C3=C(C[C@@H](c4ccc(O)c(OC)c4)CC3=O)Nc3onc(C)c32)cc1. The van der Waals surface area contributed by atoms with E-state index in [1.807, 2.05) is 44.2 Å². The van der Waals surface area contributed by atoms with Crippen molar-refractivity contribution in [1.29, 1.82) is 0 Å². The lowest BCUT2D eigenvalue weighted by atomic mass is 9.72. The highest BCUT2D eigenvalue weighted by Crippen LogP contribution is 2.49. The highest BCUT2D eigenvalue weighted by atomic mass is 16.5. The molecule has 2 aromatic carbocycles. The van der Waals surface area contributed by atoms with E-state index in [-0.39, 0.29) is 23.4 Å². The van der Waals surface area contributed by atoms with Gasteiger partial charge >= 0.3 is 0 Å². The molecular weight excluding hydrogens is 420 g/mol. The van der Waals surface area contributed by atoms with Gasteiger partial charge in [0.25, 0.3) is 0 Å². The first kappa shape index (κ1) is 21.1. The zero-order valence-corrected chi connectivity index (χ0v) is 18.8. The summed E-state index contributed by atoms with van der Waals surface area (Å²) in [6, 6.07) is 13.1. The molecule has 0 fully saturated rings. The molecule has 7 heteroatoms. The molecule has 7 nitrogen and oxygen atoms in total. The average Bonchev–Trinajstić information content (AvgIpc) is 3.19. The predicted octanol–water partition coefficient (Wildman–Crippen LogP) is 5.05. The van der Waals surface area contributed by atoms with E-state index in [4.69, 9.17) is 14.0 Å². The van der Waals surface area contributed by atoms with Crippen LogP contribution in [0.15, 0.2) is 58.3 Å². The van der Waals surface area contributed by atoms with E-state index in [1.165, 1.54) is 7.11 Å². The molecular formula is C26H26N2O5. The van der Waals surface area contributed by atoms with Crippen LogP contribution in [0.1, 0.15) is 54.0 Å². The molecule has 2 N–H and O–H groups in total. The molecule has 0 amide bonds. The van der Waals surface area contributed by atoms with Crippen LogP contribution in [0.5, 0.6) is 17.2 Å². The van der Waals surface area contributed by atoms with Gasteiger partial charge in [-0.05, 0) is 61.6 Å². The number of anilines is 1. The van der Waals surface area contributed by atoms with Crippen LogP contribution in [-0.4, -0.2) is 29.8 Å². The van der Waals surface area contributed by atoms with Gasteiger partial charge in [-0.1, -0.05) is 23.4 Å². The van der Waals surface area contributed by atoms with Gasteiger partial charge in [-0.2, -0.15) is 0 Å². The topological polar surface area (TPSA) is 93.8 Å². The third-order valence-electron chi connectivity index (χ3n) is 6.46. The first-order valence-corrected chi connectivity index (χ1v) is 11.1. The number of phenols is 1. The van der Waals surface area contributed by atoms with Crippen LogP contribution < -0.4 is 14.8 Å². The van der Waals surface area contributed by atoms with Crippen molar-refractivity contribution in [3.63, 3.8) is 0 Å². The molecule has 170 valence electrons. The van der Waals surface area contributed by atoms with Crippen molar-refractivity contribution in [3.8, 4) is 17.2 Å². The summed E-state index contributed by atoms with van der Waals surface area (Å²) >= 11 is 0. The number of aromatic nitrogens is 1. The van der Waals surface area contributed by atoms with Crippen molar-refractivity contribution in [3.05, 3.63) is 76.1 Å². The first-order chi connectivity index (χ1) is 16.0. The number of hydrogen-bond acceptors (Lipinski definition) is 7. The minimum Gasteiger partial charge on any atom is -0.504 e. The van der Waals surface area contributed by atoms with Crippen LogP contribution >= 0.6 is 0 Å². The maximum Gasteiger partial charge on any atom is 0.233 e. The fourth-order valence-electron chi connectivity index (χ4n) is 4.91. The Morgan fingerprint density at radius 1 is 1.15 bits per heavy atom. The summed E-state index contributed by atoms with van der Waals surface area (Å²) < 4.78 is 16.5. The van der Waals surface area contributed by atoms with E-state index < -0.39 is 0 Å². The maximum atomic E-state index is 13.6. The van der Waals surface area contributed by atoms with Crippen molar-refractivity contribution >= 4 is 11.7 Å². The van der Waals surface area contributed by atoms with Crippen molar-refractivity contribution in [2.75, 3.05) is 19.0 Å². The molecule has 0 radical (unpaired) electrons. The summed E-state index contributed by atoms with van der Waals surface area (Å²) in [7, 11) is 1.52. The van der Waals surface area contributed by atoms with Crippen LogP contribution in [0.3, 0.4) is 0 Å².